The third-order valence-corrected chi connectivity index (χ3v) is 3.71. The fraction of sp³-hybridized carbons (Fsp3) is 0.333. The summed E-state index contributed by atoms with van der Waals surface area (Å²) < 4.78 is 26.9. The van der Waals surface area contributed by atoms with Gasteiger partial charge in [0.2, 0.25) is 10.0 Å². The molecule has 0 saturated carbocycles. The largest absolute Gasteiger partial charge is 0.348 e. The van der Waals surface area contributed by atoms with Crippen LogP contribution in [0.2, 0.25) is 0 Å². The van der Waals surface area contributed by atoms with Crippen molar-refractivity contribution in [3.8, 4) is 0 Å². The number of aromatic nitrogens is 1. The standard InChI is InChI=1S/C12H16N2O2S/c1-9-11(8-13-17(3,15)16)10-6-4-5-7-12(10)14(9)2/h4-7,13H,8H2,1-3H3. The summed E-state index contributed by atoms with van der Waals surface area (Å²) >= 11 is 0. The second kappa shape index (κ2) is 4.16. The Balaban J connectivity index is 2.50. The van der Waals surface area contributed by atoms with Crippen LogP contribution in [0, 0.1) is 6.92 Å². The van der Waals surface area contributed by atoms with Crippen molar-refractivity contribution in [2.24, 2.45) is 7.05 Å². The summed E-state index contributed by atoms with van der Waals surface area (Å²) in [7, 11) is -1.17. The number of nitrogens with one attached hydrogen (secondary N) is 1. The van der Waals surface area contributed by atoms with E-state index in [2.05, 4.69) is 9.29 Å². The zero-order valence-corrected chi connectivity index (χ0v) is 11.0. The Morgan fingerprint density at radius 1 is 1.29 bits per heavy atom. The molecular weight excluding hydrogens is 236 g/mol. The van der Waals surface area contributed by atoms with Crippen molar-refractivity contribution in [3.05, 3.63) is 35.5 Å². The molecule has 2 rings (SSSR count). The molecule has 1 N–H and O–H groups in total. The van der Waals surface area contributed by atoms with E-state index < -0.39 is 10.0 Å². The Kier molecular flexibility index (Phi) is 2.97. The van der Waals surface area contributed by atoms with Gasteiger partial charge in [-0.05, 0) is 18.6 Å². The Bertz CT molecular complexity index is 656. The van der Waals surface area contributed by atoms with Gasteiger partial charge in [0.05, 0.1) is 6.26 Å². The SMILES string of the molecule is Cc1c(CNS(C)(=O)=O)c2ccccc2n1C. The number of hydrogen-bond donors (Lipinski definition) is 1. The molecule has 0 saturated heterocycles. The van der Waals surface area contributed by atoms with Crippen LogP contribution in [0.25, 0.3) is 10.9 Å². The molecule has 0 aliphatic heterocycles. The van der Waals surface area contributed by atoms with E-state index in [9.17, 15) is 8.42 Å². The highest BCUT2D eigenvalue weighted by molar-refractivity contribution is 7.88. The molecule has 0 fully saturated rings. The second-order valence-electron chi connectivity index (χ2n) is 4.23. The molecule has 0 atom stereocenters. The fourth-order valence-corrected chi connectivity index (χ4v) is 2.43. The molecule has 17 heavy (non-hydrogen) atoms. The number of aryl methyl sites for hydroxylation is 1. The summed E-state index contributed by atoms with van der Waals surface area (Å²) in [6.45, 7) is 2.34. The predicted octanol–water partition coefficient (Wildman–Crippen LogP) is 1.54. The zero-order chi connectivity index (χ0) is 12.6. The Morgan fingerprint density at radius 3 is 2.59 bits per heavy atom. The number of hydrogen-bond acceptors (Lipinski definition) is 2. The van der Waals surface area contributed by atoms with Gasteiger partial charge >= 0.3 is 0 Å². The van der Waals surface area contributed by atoms with Crippen LogP contribution in [-0.2, 0) is 23.6 Å². The van der Waals surface area contributed by atoms with Crippen LogP contribution in [0.1, 0.15) is 11.3 Å². The van der Waals surface area contributed by atoms with Crippen molar-refractivity contribution >= 4 is 20.9 Å². The van der Waals surface area contributed by atoms with Gasteiger partial charge in [0.15, 0.2) is 0 Å². The number of para-hydroxylation sites is 1. The minimum absolute atomic E-state index is 0.339. The maximum absolute atomic E-state index is 11.1. The zero-order valence-electron chi connectivity index (χ0n) is 10.2. The molecule has 0 amide bonds. The second-order valence-corrected chi connectivity index (χ2v) is 6.07. The molecule has 1 heterocycles. The highest BCUT2D eigenvalue weighted by Gasteiger charge is 2.12. The molecule has 0 spiro atoms. The van der Waals surface area contributed by atoms with Gasteiger partial charge in [-0.2, -0.15) is 0 Å². The molecule has 92 valence electrons. The minimum Gasteiger partial charge on any atom is -0.348 e. The average molecular weight is 252 g/mol. The lowest BCUT2D eigenvalue weighted by atomic mass is 10.1. The number of rotatable bonds is 3. The van der Waals surface area contributed by atoms with Gasteiger partial charge in [0.1, 0.15) is 0 Å². The van der Waals surface area contributed by atoms with E-state index in [0.29, 0.717) is 6.54 Å². The third-order valence-electron chi connectivity index (χ3n) is 3.04. The Morgan fingerprint density at radius 2 is 1.94 bits per heavy atom. The van der Waals surface area contributed by atoms with Crippen LogP contribution in [0.4, 0.5) is 0 Å². The topological polar surface area (TPSA) is 51.1 Å². The minimum atomic E-state index is -3.16. The van der Waals surface area contributed by atoms with Gasteiger partial charge in [-0.15, -0.1) is 0 Å². The van der Waals surface area contributed by atoms with Crippen LogP contribution in [0.15, 0.2) is 24.3 Å². The Labute approximate surface area is 101 Å². The Hall–Kier alpha value is -1.33. The van der Waals surface area contributed by atoms with Crippen molar-refractivity contribution in [2.75, 3.05) is 6.26 Å². The number of fused-ring (bicyclic) bond motifs is 1. The van der Waals surface area contributed by atoms with Crippen LogP contribution < -0.4 is 4.72 Å². The fourth-order valence-electron chi connectivity index (χ4n) is 2.03. The molecule has 0 unspecified atom stereocenters. The maximum Gasteiger partial charge on any atom is 0.209 e. The summed E-state index contributed by atoms with van der Waals surface area (Å²) in [5.74, 6) is 0. The average Bonchev–Trinajstić information content (AvgIpc) is 2.49. The first kappa shape index (κ1) is 12.1. The molecule has 1 aromatic heterocycles. The first-order chi connectivity index (χ1) is 7.90. The van der Waals surface area contributed by atoms with Gasteiger partial charge in [-0.25, -0.2) is 13.1 Å². The number of sulfonamides is 1. The van der Waals surface area contributed by atoms with Crippen LogP contribution in [-0.4, -0.2) is 19.2 Å². The van der Waals surface area contributed by atoms with Gasteiger partial charge in [0, 0.05) is 30.2 Å². The van der Waals surface area contributed by atoms with Gasteiger partial charge in [-0.3, -0.25) is 0 Å². The smallest absolute Gasteiger partial charge is 0.209 e. The van der Waals surface area contributed by atoms with E-state index in [1.807, 2.05) is 38.2 Å². The van der Waals surface area contributed by atoms with Gasteiger partial charge in [0.25, 0.3) is 0 Å². The monoisotopic (exact) mass is 252 g/mol. The van der Waals surface area contributed by atoms with E-state index >= 15 is 0 Å². The van der Waals surface area contributed by atoms with Gasteiger partial charge in [-0.1, -0.05) is 18.2 Å². The summed E-state index contributed by atoms with van der Waals surface area (Å²) in [5.41, 5.74) is 3.24. The molecule has 5 heteroatoms. The summed E-state index contributed by atoms with van der Waals surface area (Å²) in [4.78, 5) is 0. The third kappa shape index (κ3) is 2.35. The lowest BCUT2D eigenvalue weighted by Gasteiger charge is -2.03. The first-order valence-corrected chi connectivity index (χ1v) is 7.27. The molecule has 0 aliphatic rings. The van der Waals surface area contributed by atoms with E-state index in [1.54, 1.807) is 0 Å². The summed E-state index contributed by atoms with van der Waals surface area (Å²) in [6.07, 6.45) is 1.17. The summed E-state index contributed by atoms with van der Waals surface area (Å²) in [6, 6.07) is 8.00. The van der Waals surface area contributed by atoms with Crippen molar-refractivity contribution in [1.29, 1.82) is 0 Å². The van der Waals surface area contributed by atoms with Crippen LogP contribution in [0.3, 0.4) is 0 Å². The quantitative estimate of drug-likeness (QED) is 0.900. The molecule has 4 nitrogen and oxygen atoms in total. The molecular formula is C12H16N2O2S. The van der Waals surface area contributed by atoms with Crippen LogP contribution >= 0.6 is 0 Å². The van der Waals surface area contributed by atoms with E-state index in [4.69, 9.17) is 0 Å². The van der Waals surface area contributed by atoms with Gasteiger partial charge < -0.3 is 4.57 Å². The molecule has 0 aliphatic carbocycles. The highest BCUT2D eigenvalue weighted by Crippen LogP contribution is 2.24. The van der Waals surface area contributed by atoms with E-state index in [-0.39, 0.29) is 0 Å². The normalized spacial score (nSPS) is 12.2. The molecule has 0 bridgehead atoms. The number of benzene rings is 1. The molecule has 0 radical (unpaired) electrons. The first-order valence-electron chi connectivity index (χ1n) is 5.37. The molecule has 1 aromatic carbocycles. The maximum atomic E-state index is 11.1. The lowest BCUT2D eigenvalue weighted by molar-refractivity contribution is 0.587. The van der Waals surface area contributed by atoms with Crippen molar-refractivity contribution in [1.82, 2.24) is 9.29 Å². The summed E-state index contributed by atoms with van der Waals surface area (Å²) in [5, 5.41) is 1.10. The molecule has 2 aromatic rings. The van der Waals surface area contributed by atoms with E-state index in [0.717, 1.165) is 22.2 Å². The van der Waals surface area contributed by atoms with Crippen molar-refractivity contribution in [3.63, 3.8) is 0 Å². The highest BCUT2D eigenvalue weighted by atomic mass is 32.2. The lowest BCUT2D eigenvalue weighted by Crippen LogP contribution is -2.21. The van der Waals surface area contributed by atoms with E-state index in [1.165, 1.54) is 6.26 Å². The van der Waals surface area contributed by atoms with Crippen molar-refractivity contribution < 1.29 is 8.42 Å². The number of nitrogens with zero attached hydrogens (tertiary/aromatic N) is 1. The van der Waals surface area contributed by atoms with Crippen LogP contribution in [0.5, 0.6) is 0 Å². The van der Waals surface area contributed by atoms with Crippen molar-refractivity contribution in [2.45, 2.75) is 13.5 Å². The predicted molar refractivity (Wildman–Crippen MR) is 69.3 cm³/mol.